The van der Waals surface area contributed by atoms with Gasteiger partial charge >= 0.3 is 6.18 Å². The lowest BCUT2D eigenvalue weighted by Gasteiger charge is -2.29. The molecule has 0 aliphatic heterocycles. The summed E-state index contributed by atoms with van der Waals surface area (Å²) >= 11 is 0. The Kier molecular flexibility index (Phi) is 6.34. The zero-order valence-electron chi connectivity index (χ0n) is 13.5. The summed E-state index contributed by atoms with van der Waals surface area (Å²) < 4.78 is 36.8. The van der Waals surface area contributed by atoms with Crippen LogP contribution in [-0.4, -0.2) is 6.18 Å². The monoisotopic (exact) mass is 312 g/mol. The van der Waals surface area contributed by atoms with E-state index in [-0.39, 0.29) is 5.92 Å². The number of rotatable bonds is 6. The summed E-state index contributed by atoms with van der Waals surface area (Å²) in [7, 11) is 0. The summed E-state index contributed by atoms with van der Waals surface area (Å²) in [6.45, 7) is 2.20. The molecule has 2 rings (SSSR count). The topological polar surface area (TPSA) is 0 Å². The summed E-state index contributed by atoms with van der Waals surface area (Å²) in [5.74, 6) is 0.809. The Morgan fingerprint density at radius 2 is 1.64 bits per heavy atom. The van der Waals surface area contributed by atoms with E-state index in [1.54, 1.807) is 0 Å². The molecule has 3 heteroatoms. The molecule has 0 heterocycles. The highest BCUT2D eigenvalue weighted by atomic mass is 19.4. The van der Waals surface area contributed by atoms with Crippen molar-refractivity contribution in [3.8, 4) is 0 Å². The average Bonchev–Trinajstić information content (AvgIpc) is 2.51. The molecule has 0 amide bonds. The second-order valence-electron chi connectivity index (χ2n) is 6.72. The molecular weight excluding hydrogens is 285 g/mol. The van der Waals surface area contributed by atoms with Crippen molar-refractivity contribution in [1.82, 2.24) is 0 Å². The third-order valence-corrected chi connectivity index (χ3v) is 4.95. The van der Waals surface area contributed by atoms with Crippen LogP contribution < -0.4 is 0 Å². The number of halogens is 3. The minimum atomic E-state index is -3.99. The van der Waals surface area contributed by atoms with Crippen molar-refractivity contribution in [1.29, 1.82) is 0 Å². The normalized spacial score (nSPS) is 22.7. The highest BCUT2D eigenvalue weighted by Gasteiger charge is 2.30. The highest BCUT2D eigenvalue weighted by Crippen LogP contribution is 2.39. The summed E-state index contributed by atoms with van der Waals surface area (Å²) in [6.07, 6.45) is 3.24. The molecule has 0 saturated heterocycles. The second-order valence-corrected chi connectivity index (χ2v) is 6.72. The summed E-state index contributed by atoms with van der Waals surface area (Å²) in [6, 6.07) is 8.90. The number of unbranched alkanes of at least 4 members (excludes halogenated alkanes) is 1. The fraction of sp³-hybridized carbons (Fsp3) is 0.684. The number of hydrogen-bond acceptors (Lipinski definition) is 0. The minimum Gasteiger partial charge on any atom is -0.171 e. The van der Waals surface area contributed by atoms with E-state index in [0.717, 1.165) is 32.1 Å². The lowest BCUT2D eigenvalue weighted by Crippen LogP contribution is -2.16. The van der Waals surface area contributed by atoms with Crippen LogP contribution >= 0.6 is 0 Å². The first-order valence-electron chi connectivity index (χ1n) is 8.63. The van der Waals surface area contributed by atoms with Crippen molar-refractivity contribution in [2.75, 3.05) is 0 Å². The lowest BCUT2D eigenvalue weighted by atomic mass is 9.77. The van der Waals surface area contributed by atoms with Crippen LogP contribution in [0.25, 0.3) is 0 Å². The molecule has 1 aromatic carbocycles. The molecule has 0 radical (unpaired) electrons. The highest BCUT2D eigenvalue weighted by molar-refractivity contribution is 5.25. The third kappa shape index (κ3) is 5.66. The molecule has 1 aliphatic carbocycles. The summed E-state index contributed by atoms with van der Waals surface area (Å²) in [5, 5.41) is 0. The van der Waals surface area contributed by atoms with Gasteiger partial charge in [-0.25, -0.2) is 0 Å². The standard InChI is InChI=1S/C19H27F3/c1-2-3-4-15-5-9-17(10-6-15)18-11-7-16(8-12-18)13-14-19(20,21)22/h5-6,9-10,16,18H,2-4,7-8,11-14H2,1H3/t16-,18-. The quantitative estimate of drug-likeness (QED) is 0.552. The number of aryl methyl sites for hydroxylation is 1. The molecule has 0 N–H and O–H groups in total. The molecule has 0 atom stereocenters. The lowest BCUT2D eigenvalue weighted by molar-refractivity contribution is -0.138. The molecular formula is C19H27F3. The fourth-order valence-electron chi connectivity index (χ4n) is 3.49. The van der Waals surface area contributed by atoms with Gasteiger partial charge in [-0.3, -0.25) is 0 Å². The fourth-order valence-corrected chi connectivity index (χ4v) is 3.49. The van der Waals surface area contributed by atoms with Gasteiger partial charge in [0.25, 0.3) is 0 Å². The Morgan fingerprint density at radius 1 is 1.00 bits per heavy atom. The second kappa shape index (κ2) is 8.03. The number of benzene rings is 1. The van der Waals surface area contributed by atoms with Crippen LogP contribution in [0.3, 0.4) is 0 Å². The van der Waals surface area contributed by atoms with Gasteiger partial charge in [0.15, 0.2) is 0 Å². The van der Waals surface area contributed by atoms with Crippen LogP contribution in [0.2, 0.25) is 0 Å². The summed E-state index contributed by atoms with van der Waals surface area (Å²) in [4.78, 5) is 0. The first-order chi connectivity index (χ1) is 10.5. The summed E-state index contributed by atoms with van der Waals surface area (Å²) in [5.41, 5.74) is 2.76. The van der Waals surface area contributed by atoms with Crippen LogP contribution in [0.5, 0.6) is 0 Å². The maximum absolute atomic E-state index is 12.3. The van der Waals surface area contributed by atoms with Crippen molar-refractivity contribution < 1.29 is 13.2 Å². The molecule has 22 heavy (non-hydrogen) atoms. The maximum Gasteiger partial charge on any atom is 0.389 e. The van der Waals surface area contributed by atoms with Crippen molar-refractivity contribution >= 4 is 0 Å². The molecule has 0 spiro atoms. The van der Waals surface area contributed by atoms with Gasteiger partial charge in [0.2, 0.25) is 0 Å². The van der Waals surface area contributed by atoms with Crippen LogP contribution in [0, 0.1) is 5.92 Å². The van der Waals surface area contributed by atoms with E-state index in [2.05, 4.69) is 31.2 Å². The van der Waals surface area contributed by atoms with Crippen LogP contribution in [0.15, 0.2) is 24.3 Å². The molecule has 0 nitrogen and oxygen atoms in total. The van der Waals surface area contributed by atoms with Gasteiger partial charge in [-0.2, -0.15) is 13.2 Å². The average molecular weight is 312 g/mol. The van der Waals surface area contributed by atoms with Crippen molar-refractivity contribution in [2.24, 2.45) is 5.92 Å². The van der Waals surface area contributed by atoms with Crippen LogP contribution in [0.1, 0.15) is 75.3 Å². The molecule has 1 aromatic rings. The predicted molar refractivity (Wildman–Crippen MR) is 85.0 cm³/mol. The van der Waals surface area contributed by atoms with Crippen molar-refractivity contribution in [3.05, 3.63) is 35.4 Å². The van der Waals surface area contributed by atoms with Gasteiger partial charge in [0.1, 0.15) is 0 Å². The first kappa shape index (κ1) is 17.4. The molecule has 0 aromatic heterocycles. The Bertz CT molecular complexity index is 425. The Hall–Kier alpha value is -0.990. The van der Waals surface area contributed by atoms with Gasteiger partial charge in [-0.1, -0.05) is 37.6 Å². The van der Waals surface area contributed by atoms with E-state index in [9.17, 15) is 13.2 Å². The van der Waals surface area contributed by atoms with E-state index >= 15 is 0 Å². The SMILES string of the molecule is CCCCc1ccc([C@H]2CC[C@H](CCC(F)(F)F)CC2)cc1. The van der Waals surface area contributed by atoms with Crippen LogP contribution in [-0.2, 0) is 6.42 Å². The minimum absolute atomic E-state index is 0.265. The van der Waals surface area contributed by atoms with E-state index in [4.69, 9.17) is 0 Å². The Balaban J connectivity index is 1.78. The van der Waals surface area contributed by atoms with Crippen LogP contribution in [0.4, 0.5) is 13.2 Å². The zero-order valence-corrected chi connectivity index (χ0v) is 13.5. The Labute approximate surface area is 132 Å². The van der Waals surface area contributed by atoms with E-state index in [1.165, 1.54) is 24.0 Å². The molecule has 1 saturated carbocycles. The smallest absolute Gasteiger partial charge is 0.171 e. The van der Waals surface area contributed by atoms with Gasteiger partial charge in [-0.15, -0.1) is 0 Å². The maximum atomic E-state index is 12.3. The van der Waals surface area contributed by atoms with Gasteiger partial charge in [0.05, 0.1) is 0 Å². The van der Waals surface area contributed by atoms with E-state index in [1.807, 2.05) is 0 Å². The molecule has 0 unspecified atom stereocenters. The largest absolute Gasteiger partial charge is 0.389 e. The number of hydrogen-bond donors (Lipinski definition) is 0. The predicted octanol–water partition coefficient (Wildman–Crippen LogP) is 6.65. The van der Waals surface area contributed by atoms with E-state index < -0.39 is 12.6 Å². The van der Waals surface area contributed by atoms with Gasteiger partial charge in [-0.05, 0) is 67.9 Å². The van der Waals surface area contributed by atoms with Gasteiger partial charge < -0.3 is 0 Å². The van der Waals surface area contributed by atoms with Crippen molar-refractivity contribution in [3.63, 3.8) is 0 Å². The zero-order chi connectivity index (χ0) is 16.0. The third-order valence-electron chi connectivity index (χ3n) is 4.95. The first-order valence-corrected chi connectivity index (χ1v) is 8.63. The van der Waals surface area contributed by atoms with E-state index in [0.29, 0.717) is 12.3 Å². The Morgan fingerprint density at radius 3 is 2.18 bits per heavy atom. The number of alkyl halides is 3. The molecule has 124 valence electrons. The van der Waals surface area contributed by atoms with Gasteiger partial charge in [0, 0.05) is 6.42 Å². The molecule has 1 fully saturated rings. The molecule has 1 aliphatic rings. The van der Waals surface area contributed by atoms with Crippen molar-refractivity contribution in [2.45, 2.75) is 76.8 Å². The molecule has 0 bridgehead atoms.